The molecule has 1 heterocycles. The van der Waals surface area contributed by atoms with Gasteiger partial charge in [-0.2, -0.15) is 0 Å². The van der Waals surface area contributed by atoms with Gasteiger partial charge >= 0.3 is 0 Å². The summed E-state index contributed by atoms with van der Waals surface area (Å²) in [5.74, 6) is 1.60. The minimum Gasteiger partial charge on any atom is -0.508 e. The Bertz CT molecular complexity index is 451. The largest absolute Gasteiger partial charge is 0.508 e. The van der Waals surface area contributed by atoms with Crippen LogP contribution in [0.5, 0.6) is 11.5 Å². The van der Waals surface area contributed by atoms with E-state index in [1.165, 1.54) is 0 Å². The van der Waals surface area contributed by atoms with Gasteiger partial charge in [0.05, 0.1) is 20.3 Å². The van der Waals surface area contributed by atoms with Gasteiger partial charge in [-0.05, 0) is 32.3 Å². The van der Waals surface area contributed by atoms with Crippen LogP contribution in [0.3, 0.4) is 0 Å². The van der Waals surface area contributed by atoms with Gasteiger partial charge in [-0.1, -0.05) is 0 Å². The first-order valence-electron chi connectivity index (χ1n) is 7.39. The van der Waals surface area contributed by atoms with E-state index in [1.54, 1.807) is 19.2 Å². The number of ether oxygens (including phenoxy) is 2. The monoisotopic (exact) mass is 294 g/mol. The van der Waals surface area contributed by atoms with E-state index in [2.05, 4.69) is 23.9 Å². The smallest absolute Gasteiger partial charge is 0.120 e. The van der Waals surface area contributed by atoms with E-state index in [0.717, 1.165) is 50.7 Å². The summed E-state index contributed by atoms with van der Waals surface area (Å²) in [6.07, 6.45) is 0. The van der Waals surface area contributed by atoms with Gasteiger partial charge in [-0.25, -0.2) is 0 Å². The third-order valence-electron chi connectivity index (χ3n) is 3.73. The average Bonchev–Trinajstić information content (AvgIpc) is 2.66. The summed E-state index contributed by atoms with van der Waals surface area (Å²) in [4.78, 5) is 4.54. The van der Waals surface area contributed by atoms with Crippen LogP contribution in [0.25, 0.3) is 0 Å². The van der Waals surface area contributed by atoms with Crippen molar-refractivity contribution in [2.45, 2.75) is 6.54 Å². The highest BCUT2D eigenvalue weighted by Gasteiger charge is 2.20. The van der Waals surface area contributed by atoms with Crippen molar-refractivity contribution in [3.8, 4) is 11.5 Å². The first kappa shape index (κ1) is 16.1. The van der Waals surface area contributed by atoms with Crippen molar-refractivity contribution in [1.29, 1.82) is 0 Å². The molecule has 0 spiro atoms. The van der Waals surface area contributed by atoms with Crippen LogP contribution >= 0.6 is 0 Å². The molecule has 1 aliphatic rings. The molecule has 1 aromatic rings. The molecule has 0 radical (unpaired) electrons. The predicted octanol–water partition coefficient (Wildman–Crippen LogP) is 1.41. The maximum Gasteiger partial charge on any atom is 0.120 e. The second-order valence-electron chi connectivity index (χ2n) is 5.93. The molecule has 1 aromatic carbocycles. The van der Waals surface area contributed by atoms with Gasteiger partial charge in [0.15, 0.2) is 0 Å². The van der Waals surface area contributed by atoms with Crippen molar-refractivity contribution in [2.75, 3.05) is 54.1 Å². The Morgan fingerprint density at radius 1 is 1.43 bits per heavy atom. The standard InChI is InChI=1S/C16H26N2O3/c1-17(2)9-13-10-18(6-7-21-12-13)11-14-8-15(20-3)4-5-16(14)19/h4-5,8,13,19H,6-7,9-12H2,1-3H3. The quantitative estimate of drug-likeness (QED) is 0.889. The number of phenolic OH excluding ortho intramolecular Hbond substituents is 1. The van der Waals surface area contributed by atoms with Crippen molar-refractivity contribution in [3.05, 3.63) is 23.8 Å². The molecule has 118 valence electrons. The maximum absolute atomic E-state index is 10.0. The van der Waals surface area contributed by atoms with Crippen LogP contribution in [0.15, 0.2) is 18.2 Å². The Morgan fingerprint density at radius 3 is 2.95 bits per heavy atom. The minimum absolute atomic E-state index is 0.324. The highest BCUT2D eigenvalue weighted by Crippen LogP contribution is 2.25. The highest BCUT2D eigenvalue weighted by molar-refractivity contribution is 5.39. The van der Waals surface area contributed by atoms with Crippen molar-refractivity contribution >= 4 is 0 Å². The first-order valence-corrected chi connectivity index (χ1v) is 7.39. The van der Waals surface area contributed by atoms with Gasteiger partial charge in [-0.15, -0.1) is 0 Å². The molecule has 5 nitrogen and oxygen atoms in total. The molecule has 21 heavy (non-hydrogen) atoms. The van der Waals surface area contributed by atoms with E-state index in [-0.39, 0.29) is 0 Å². The Balaban J connectivity index is 2.03. The summed E-state index contributed by atoms with van der Waals surface area (Å²) < 4.78 is 10.9. The van der Waals surface area contributed by atoms with E-state index in [1.807, 2.05) is 6.07 Å². The fourth-order valence-electron chi connectivity index (χ4n) is 2.78. The Labute approximate surface area is 127 Å². The van der Waals surface area contributed by atoms with Crippen molar-refractivity contribution in [2.24, 2.45) is 5.92 Å². The lowest BCUT2D eigenvalue weighted by Crippen LogP contribution is -2.34. The van der Waals surface area contributed by atoms with Gasteiger partial charge in [0.25, 0.3) is 0 Å². The molecule has 1 atom stereocenters. The van der Waals surface area contributed by atoms with Crippen LogP contribution in [-0.2, 0) is 11.3 Å². The minimum atomic E-state index is 0.324. The number of phenols is 1. The molecular formula is C16H26N2O3. The van der Waals surface area contributed by atoms with E-state index < -0.39 is 0 Å². The summed E-state index contributed by atoms with van der Waals surface area (Å²) >= 11 is 0. The molecule has 1 fully saturated rings. The van der Waals surface area contributed by atoms with Crippen molar-refractivity contribution < 1.29 is 14.6 Å². The normalized spacial score (nSPS) is 20.5. The van der Waals surface area contributed by atoms with Crippen LogP contribution in [0, 0.1) is 5.92 Å². The molecule has 1 N–H and O–H groups in total. The van der Waals surface area contributed by atoms with Gasteiger partial charge in [0.1, 0.15) is 11.5 Å². The summed E-state index contributed by atoms with van der Waals surface area (Å²) in [6, 6.07) is 5.38. The molecule has 0 aromatic heterocycles. The Morgan fingerprint density at radius 2 is 2.24 bits per heavy atom. The molecule has 0 bridgehead atoms. The molecule has 0 saturated carbocycles. The average molecular weight is 294 g/mol. The zero-order valence-corrected chi connectivity index (χ0v) is 13.2. The predicted molar refractivity (Wildman–Crippen MR) is 82.8 cm³/mol. The molecule has 0 aliphatic carbocycles. The summed E-state index contributed by atoms with van der Waals surface area (Å²) in [5, 5.41) is 10.0. The van der Waals surface area contributed by atoms with Gasteiger partial charge in [0.2, 0.25) is 0 Å². The fourth-order valence-corrected chi connectivity index (χ4v) is 2.78. The number of hydrogen-bond donors (Lipinski definition) is 1. The molecule has 1 saturated heterocycles. The lowest BCUT2D eigenvalue weighted by molar-refractivity contribution is 0.112. The third-order valence-corrected chi connectivity index (χ3v) is 3.73. The first-order chi connectivity index (χ1) is 10.1. The summed E-state index contributed by atoms with van der Waals surface area (Å²) in [5.41, 5.74) is 0.903. The van der Waals surface area contributed by atoms with Crippen LogP contribution in [0.1, 0.15) is 5.56 Å². The third kappa shape index (κ3) is 4.88. The van der Waals surface area contributed by atoms with Gasteiger partial charge in [-0.3, -0.25) is 4.90 Å². The molecule has 1 aliphatic heterocycles. The molecule has 1 unspecified atom stereocenters. The highest BCUT2D eigenvalue weighted by atomic mass is 16.5. The van der Waals surface area contributed by atoms with Gasteiger partial charge in [0, 0.05) is 37.7 Å². The fraction of sp³-hybridized carbons (Fsp3) is 0.625. The summed E-state index contributed by atoms with van der Waals surface area (Å²) in [6.45, 7) is 5.15. The number of hydrogen-bond acceptors (Lipinski definition) is 5. The number of aromatic hydroxyl groups is 1. The topological polar surface area (TPSA) is 45.2 Å². The summed E-state index contributed by atoms with van der Waals surface area (Å²) in [7, 11) is 5.81. The lowest BCUT2D eigenvalue weighted by Gasteiger charge is -2.25. The second-order valence-corrected chi connectivity index (χ2v) is 5.93. The van der Waals surface area contributed by atoms with Gasteiger partial charge < -0.3 is 19.5 Å². The number of nitrogens with zero attached hydrogens (tertiary/aromatic N) is 2. The van der Waals surface area contributed by atoms with E-state index in [9.17, 15) is 5.11 Å². The molecule has 2 rings (SSSR count). The van der Waals surface area contributed by atoms with Crippen molar-refractivity contribution in [1.82, 2.24) is 9.80 Å². The second kappa shape index (κ2) is 7.64. The number of rotatable bonds is 5. The molecular weight excluding hydrogens is 268 g/mol. The zero-order valence-electron chi connectivity index (χ0n) is 13.2. The number of methoxy groups -OCH3 is 1. The van der Waals surface area contributed by atoms with Crippen LogP contribution in [0.2, 0.25) is 0 Å². The Kier molecular flexibility index (Phi) is 5.85. The van der Waals surface area contributed by atoms with Crippen LogP contribution < -0.4 is 4.74 Å². The molecule has 5 heteroatoms. The molecule has 0 amide bonds. The Hall–Kier alpha value is -1.30. The van der Waals surface area contributed by atoms with Crippen LogP contribution in [0.4, 0.5) is 0 Å². The lowest BCUT2D eigenvalue weighted by atomic mass is 10.1. The SMILES string of the molecule is COc1ccc(O)c(CN2CCOCC(CN(C)C)C2)c1. The van der Waals surface area contributed by atoms with E-state index in [4.69, 9.17) is 9.47 Å². The maximum atomic E-state index is 10.0. The van der Waals surface area contributed by atoms with Crippen molar-refractivity contribution in [3.63, 3.8) is 0 Å². The number of benzene rings is 1. The van der Waals surface area contributed by atoms with E-state index in [0.29, 0.717) is 11.7 Å². The van der Waals surface area contributed by atoms with Crippen LogP contribution in [-0.4, -0.2) is 69.0 Å². The van der Waals surface area contributed by atoms with E-state index >= 15 is 0 Å². The zero-order chi connectivity index (χ0) is 15.2.